The van der Waals surface area contributed by atoms with Gasteiger partial charge in [-0.2, -0.15) is 0 Å². The number of hydrogen-bond acceptors (Lipinski definition) is 7. The summed E-state index contributed by atoms with van der Waals surface area (Å²) in [6.07, 6.45) is 86.3. The lowest BCUT2D eigenvalue weighted by atomic mass is 10.0. The Hall–Kier alpha value is -2.29. The summed E-state index contributed by atoms with van der Waals surface area (Å²) in [5, 5.41) is 3.05. The average Bonchev–Trinajstić information content (AvgIpc) is 3.69. The van der Waals surface area contributed by atoms with Crippen LogP contribution in [0.2, 0.25) is 0 Å². The number of nitrogens with one attached hydrogen (secondary N) is 1. The third-order valence-electron chi connectivity index (χ3n) is 16.9. The van der Waals surface area contributed by atoms with Crippen molar-refractivity contribution in [3.63, 3.8) is 0 Å². The molecule has 0 radical (unpaired) electrons. The smallest absolute Gasteiger partial charge is 0.306 e. The van der Waals surface area contributed by atoms with Gasteiger partial charge in [-0.05, 0) is 96.0 Å². The Bertz CT molecular complexity index is 1670. The molecule has 87 heavy (non-hydrogen) atoms. The first-order chi connectivity index (χ1) is 42.4. The lowest BCUT2D eigenvalue weighted by Gasteiger charge is -2.30. The van der Waals surface area contributed by atoms with Crippen LogP contribution in [0.4, 0.5) is 0 Å². The van der Waals surface area contributed by atoms with Crippen molar-refractivity contribution < 1.29 is 37.3 Å². The van der Waals surface area contributed by atoms with Gasteiger partial charge in [-0.1, -0.05) is 319 Å². The summed E-state index contributed by atoms with van der Waals surface area (Å²) >= 11 is 0. The molecule has 10 heteroatoms. The molecule has 3 unspecified atom stereocenters. The van der Waals surface area contributed by atoms with Crippen LogP contribution in [0.25, 0.3) is 0 Å². The van der Waals surface area contributed by atoms with E-state index in [1.807, 2.05) is 33.3 Å². The van der Waals surface area contributed by atoms with E-state index in [4.69, 9.17) is 13.8 Å². The second-order valence-electron chi connectivity index (χ2n) is 26.8. The van der Waals surface area contributed by atoms with Crippen LogP contribution in [-0.2, 0) is 27.9 Å². The minimum atomic E-state index is -4.71. The number of ether oxygens (including phenoxy) is 1. The summed E-state index contributed by atoms with van der Waals surface area (Å²) in [5.74, 6) is -0.527. The molecule has 0 saturated carbocycles. The van der Waals surface area contributed by atoms with Crippen LogP contribution in [0.3, 0.4) is 0 Å². The number of likely N-dealkylation sites (N-methyl/N-ethyl adjacent to an activating group) is 1. The van der Waals surface area contributed by atoms with Crippen LogP contribution in [0.15, 0.2) is 60.8 Å². The highest BCUT2D eigenvalue weighted by Gasteiger charge is 2.27. The van der Waals surface area contributed by atoms with E-state index >= 15 is 0 Å². The number of allylic oxidation sites excluding steroid dienone is 9. The van der Waals surface area contributed by atoms with Gasteiger partial charge in [-0.25, -0.2) is 0 Å². The first-order valence-corrected chi connectivity index (χ1v) is 39.1. The largest absolute Gasteiger partial charge is 0.756 e. The number of phosphoric acid groups is 1. The Morgan fingerprint density at radius 1 is 0.402 bits per heavy atom. The number of phosphoric ester groups is 1. The number of nitrogens with zero attached hydrogens (tertiary/aromatic N) is 1. The van der Waals surface area contributed by atoms with E-state index < -0.39 is 20.0 Å². The van der Waals surface area contributed by atoms with Gasteiger partial charge in [-0.15, -0.1) is 0 Å². The molecule has 0 rings (SSSR count). The Morgan fingerprint density at radius 2 is 0.701 bits per heavy atom. The van der Waals surface area contributed by atoms with Crippen molar-refractivity contribution in [3.8, 4) is 0 Å². The molecule has 0 aliphatic carbocycles. The molecule has 510 valence electrons. The number of hydrogen-bond donors (Lipinski definition) is 1. The van der Waals surface area contributed by atoms with E-state index in [9.17, 15) is 19.0 Å². The zero-order valence-corrected chi connectivity index (χ0v) is 59.4. The Balaban J connectivity index is 5.01. The molecular formula is C77H145N2O7P. The highest BCUT2D eigenvalue weighted by atomic mass is 31.2. The molecule has 0 saturated heterocycles. The quantitative estimate of drug-likeness (QED) is 0.0212. The lowest BCUT2D eigenvalue weighted by Crippen LogP contribution is -2.47. The summed E-state index contributed by atoms with van der Waals surface area (Å²) in [7, 11) is 1.20. The molecule has 1 amide bonds. The van der Waals surface area contributed by atoms with Crippen molar-refractivity contribution in [2.45, 2.75) is 380 Å². The maximum Gasteiger partial charge on any atom is 0.306 e. The number of carbonyl (C=O) groups is 2. The fourth-order valence-electron chi connectivity index (χ4n) is 11.1. The maximum absolute atomic E-state index is 13.6. The fourth-order valence-corrected chi connectivity index (χ4v) is 11.8. The maximum atomic E-state index is 13.6. The zero-order chi connectivity index (χ0) is 63.5. The van der Waals surface area contributed by atoms with Crippen molar-refractivity contribution in [3.05, 3.63) is 60.8 Å². The highest BCUT2D eigenvalue weighted by Crippen LogP contribution is 2.38. The molecule has 0 aromatic carbocycles. The molecule has 0 aromatic rings. The van der Waals surface area contributed by atoms with Crippen LogP contribution >= 0.6 is 7.82 Å². The Morgan fingerprint density at radius 3 is 1.08 bits per heavy atom. The molecule has 0 aliphatic heterocycles. The van der Waals surface area contributed by atoms with Crippen molar-refractivity contribution in [2.75, 3.05) is 40.9 Å². The highest BCUT2D eigenvalue weighted by molar-refractivity contribution is 7.45. The van der Waals surface area contributed by atoms with E-state index in [1.54, 1.807) is 0 Å². The molecule has 9 nitrogen and oxygen atoms in total. The molecule has 1 N–H and O–H groups in total. The number of carbonyl (C=O) groups excluding carboxylic acids is 2. The van der Waals surface area contributed by atoms with Gasteiger partial charge < -0.3 is 28.5 Å². The van der Waals surface area contributed by atoms with Gasteiger partial charge in [0.15, 0.2) is 0 Å². The predicted molar refractivity (Wildman–Crippen MR) is 376 cm³/mol. The Labute approximate surface area is 541 Å². The van der Waals surface area contributed by atoms with Crippen LogP contribution in [0.5, 0.6) is 0 Å². The SMILES string of the molecule is CCCCC/C=C\C/C=C\C/C=C\CCCCCCCCCCCCCCCCC(=O)NC(COP(=O)([O-])OCC[N+](C)(C)C)C(/C=C\CCCCCCCCCCCCC)OC(=O)CCCCCCCCCCCCC/C=C/CCCCCCCC. The summed E-state index contributed by atoms with van der Waals surface area (Å²) in [4.78, 5) is 40.3. The van der Waals surface area contributed by atoms with E-state index in [0.29, 0.717) is 17.4 Å². The number of amides is 1. The van der Waals surface area contributed by atoms with Gasteiger partial charge in [-0.3, -0.25) is 14.2 Å². The van der Waals surface area contributed by atoms with E-state index in [2.05, 4.69) is 74.7 Å². The standard InChI is InChI=1S/C77H145N2O7P/c1-7-10-13-16-19-22-25-28-30-32-34-36-37-38-39-40-41-43-44-46-48-51-54-57-60-63-66-69-76(80)78-74(73-85-87(82,83)84-72-71-79(4,5)6)75(68-65-62-59-56-53-50-27-24-21-18-15-12-9-3)86-77(81)70-67-64-61-58-55-52-49-47-45-42-35-33-31-29-26-23-20-17-14-11-8-2/h19,22,28-31,34,36,65,68,74-75H,7-18,20-21,23-27,32-33,35,37-64,66-67,69-73H2,1-6H3,(H-,78,80,82,83)/b22-19-,30-28-,31-29+,36-34-,68-65-. The Kier molecular flexibility index (Phi) is 64.9. The van der Waals surface area contributed by atoms with Gasteiger partial charge in [0.1, 0.15) is 19.3 Å². The summed E-state index contributed by atoms with van der Waals surface area (Å²) in [6.45, 7) is 6.87. The zero-order valence-electron chi connectivity index (χ0n) is 58.5. The van der Waals surface area contributed by atoms with Crippen LogP contribution in [-0.4, -0.2) is 69.4 Å². The number of rotatable bonds is 69. The third-order valence-corrected chi connectivity index (χ3v) is 17.9. The second-order valence-corrected chi connectivity index (χ2v) is 28.2. The topological polar surface area (TPSA) is 114 Å². The minimum Gasteiger partial charge on any atom is -0.756 e. The summed E-state index contributed by atoms with van der Waals surface area (Å²) in [5.41, 5.74) is 0. The van der Waals surface area contributed by atoms with Crippen LogP contribution < -0.4 is 10.2 Å². The molecule has 0 heterocycles. The van der Waals surface area contributed by atoms with Crippen LogP contribution in [0.1, 0.15) is 367 Å². The second kappa shape index (κ2) is 66.6. The van der Waals surface area contributed by atoms with Gasteiger partial charge in [0, 0.05) is 12.8 Å². The van der Waals surface area contributed by atoms with Crippen LogP contribution in [0, 0.1) is 0 Å². The van der Waals surface area contributed by atoms with Crippen molar-refractivity contribution in [1.82, 2.24) is 5.32 Å². The first-order valence-electron chi connectivity index (χ1n) is 37.6. The summed E-state index contributed by atoms with van der Waals surface area (Å²) < 4.78 is 30.5. The molecule has 0 fully saturated rings. The normalized spacial score (nSPS) is 13.8. The van der Waals surface area contributed by atoms with Crippen molar-refractivity contribution >= 4 is 19.7 Å². The number of quaternary nitrogens is 1. The molecule has 0 spiro atoms. The number of unbranched alkanes of at least 4 members (excludes halogenated alkanes) is 45. The minimum absolute atomic E-state index is 0.0217. The van der Waals surface area contributed by atoms with Gasteiger partial charge in [0.05, 0.1) is 33.8 Å². The van der Waals surface area contributed by atoms with E-state index in [-0.39, 0.29) is 31.5 Å². The van der Waals surface area contributed by atoms with E-state index in [1.165, 1.54) is 263 Å². The predicted octanol–water partition coefficient (Wildman–Crippen LogP) is 23.5. The van der Waals surface area contributed by atoms with Gasteiger partial charge in [0.25, 0.3) is 7.82 Å². The molecule has 3 atom stereocenters. The molecular weight excluding hydrogens is 1100 g/mol. The molecule has 0 aromatic heterocycles. The molecule has 0 aliphatic rings. The van der Waals surface area contributed by atoms with Gasteiger partial charge in [0.2, 0.25) is 5.91 Å². The lowest BCUT2D eigenvalue weighted by molar-refractivity contribution is -0.870. The monoisotopic (exact) mass is 1240 g/mol. The van der Waals surface area contributed by atoms with Crippen molar-refractivity contribution in [2.24, 2.45) is 0 Å². The third kappa shape index (κ3) is 67.9. The number of esters is 1. The average molecular weight is 1240 g/mol. The summed E-state index contributed by atoms with van der Waals surface area (Å²) in [6, 6.07) is -0.890. The molecule has 0 bridgehead atoms. The van der Waals surface area contributed by atoms with Gasteiger partial charge >= 0.3 is 5.97 Å². The van der Waals surface area contributed by atoms with Crippen molar-refractivity contribution in [1.29, 1.82) is 0 Å². The fraction of sp³-hybridized carbons (Fsp3) is 0.844. The first kappa shape index (κ1) is 84.7. The van der Waals surface area contributed by atoms with E-state index in [0.717, 1.165) is 70.6 Å².